The average Bonchev–Trinajstić information content (AvgIpc) is 3.59. The van der Waals surface area contributed by atoms with Crippen molar-refractivity contribution in [3.05, 3.63) is 60.2 Å². The predicted octanol–water partition coefficient (Wildman–Crippen LogP) is 3.34. The molecule has 0 spiro atoms. The van der Waals surface area contributed by atoms with Gasteiger partial charge in [0.05, 0.1) is 16.9 Å². The van der Waals surface area contributed by atoms with Crippen molar-refractivity contribution >= 4 is 27.5 Å². The summed E-state index contributed by atoms with van der Waals surface area (Å²) in [6, 6.07) is 16.3. The number of benzene rings is 2. The maximum Gasteiger partial charge on any atom is 0.243 e. The number of hydrogen-bond donors (Lipinski definition) is 1. The van der Waals surface area contributed by atoms with E-state index in [-0.39, 0.29) is 29.2 Å². The molecule has 0 aromatic heterocycles. The summed E-state index contributed by atoms with van der Waals surface area (Å²) in [5, 5.41) is 3.18. The Hall–Kier alpha value is -2.71. The fourth-order valence-electron chi connectivity index (χ4n) is 4.48. The van der Waals surface area contributed by atoms with Gasteiger partial charge in [0, 0.05) is 31.7 Å². The average molecular weight is 470 g/mol. The Bertz CT molecular complexity index is 1090. The Morgan fingerprint density at radius 1 is 1.06 bits per heavy atom. The molecule has 1 saturated carbocycles. The second kappa shape index (κ2) is 9.65. The van der Waals surface area contributed by atoms with Crippen LogP contribution in [0, 0.1) is 11.8 Å². The Labute approximate surface area is 195 Å². The molecule has 1 heterocycles. The molecule has 1 N–H and O–H groups in total. The third kappa shape index (κ3) is 4.96. The minimum atomic E-state index is -3.56. The van der Waals surface area contributed by atoms with E-state index in [2.05, 4.69) is 5.32 Å². The maximum absolute atomic E-state index is 13.0. The first-order valence-electron chi connectivity index (χ1n) is 11.6. The van der Waals surface area contributed by atoms with Gasteiger partial charge >= 0.3 is 0 Å². The molecule has 2 aliphatic rings. The number of rotatable bonds is 9. The van der Waals surface area contributed by atoms with E-state index in [1.807, 2.05) is 30.3 Å². The minimum absolute atomic E-state index is 0.0209. The van der Waals surface area contributed by atoms with Crippen molar-refractivity contribution in [2.75, 3.05) is 24.5 Å². The van der Waals surface area contributed by atoms with Crippen LogP contribution in [-0.4, -0.2) is 44.2 Å². The molecule has 0 bridgehead atoms. The second-order valence-electron chi connectivity index (χ2n) is 8.72. The third-order valence-electron chi connectivity index (χ3n) is 6.54. The van der Waals surface area contributed by atoms with Crippen molar-refractivity contribution in [2.24, 2.45) is 11.8 Å². The molecule has 2 aromatic rings. The number of carbonyl (C=O) groups is 2. The molecule has 1 aliphatic carbocycles. The lowest BCUT2D eigenvalue weighted by atomic mass is 10.0. The van der Waals surface area contributed by atoms with E-state index >= 15 is 0 Å². The Morgan fingerprint density at radius 3 is 2.27 bits per heavy atom. The monoisotopic (exact) mass is 469 g/mol. The molecule has 0 unspecified atom stereocenters. The smallest absolute Gasteiger partial charge is 0.243 e. The molecule has 1 saturated heterocycles. The highest BCUT2D eigenvalue weighted by Crippen LogP contribution is 2.41. The van der Waals surface area contributed by atoms with Gasteiger partial charge in [-0.15, -0.1) is 0 Å². The zero-order chi connectivity index (χ0) is 23.6. The van der Waals surface area contributed by atoms with Crippen molar-refractivity contribution < 1.29 is 18.0 Å². The van der Waals surface area contributed by atoms with Crippen LogP contribution in [0.4, 0.5) is 5.69 Å². The highest BCUT2D eigenvalue weighted by atomic mass is 32.2. The molecule has 0 radical (unpaired) electrons. The second-order valence-corrected chi connectivity index (χ2v) is 10.7. The van der Waals surface area contributed by atoms with Crippen LogP contribution in [0.2, 0.25) is 0 Å². The summed E-state index contributed by atoms with van der Waals surface area (Å²) in [6.45, 7) is 4.68. The quantitative estimate of drug-likeness (QED) is 0.610. The Morgan fingerprint density at radius 2 is 1.70 bits per heavy atom. The summed E-state index contributed by atoms with van der Waals surface area (Å²) in [5.41, 5.74) is 1.70. The molecule has 2 amide bonds. The van der Waals surface area contributed by atoms with Crippen LogP contribution < -0.4 is 10.2 Å². The van der Waals surface area contributed by atoms with Crippen molar-refractivity contribution in [3.8, 4) is 0 Å². The van der Waals surface area contributed by atoms with E-state index in [9.17, 15) is 18.0 Å². The molecule has 2 atom stereocenters. The fourth-order valence-corrected chi connectivity index (χ4v) is 5.94. The summed E-state index contributed by atoms with van der Waals surface area (Å²) >= 11 is 0. The molecule has 176 valence electrons. The number of nitrogens with zero attached hydrogens (tertiary/aromatic N) is 2. The molecule has 33 heavy (non-hydrogen) atoms. The van der Waals surface area contributed by atoms with Gasteiger partial charge in [-0.05, 0) is 48.6 Å². The van der Waals surface area contributed by atoms with Gasteiger partial charge in [0.15, 0.2) is 0 Å². The van der Waals surface area contributed by atoms with Crippen LogP contribution in [0.3, 0.4) is 0 Å². The minimum Gasteiger partial charge on any atom is -0.349 e. The van der Waals surface area contributed by atoms with Gasteiger partial charge in [0.25, 0.3) is 0 Å². The van der Waals surface area contributed by atoms with Crippen LogP contribution in [0.5, 0.6) is 0 Å². The molecule has 4 rings (SSSR count). The van der Waals surface area contributed by atoms with Crippen LogP contribution in [0.15, 0.2) is 59.5 Å². The number of hydrogen-bond acceptors (Lipinski definition) is 4. The SMILES string of the molecule is CCN(CC)S(=O)(=O)c1ccc(N2C[C@@H](C(=O)N[C@@H](c3ccccc3)C3CC3)CC2=O)cc1. The third-order valence-corrected chi connectivity index (χ3v) is 8.60. The van der Waals surface area contributed by atoms with Gasteiger partial charge in [-0.3, -0.25) is 9.59 Å². The summed E-state index contributed by atoms with van der Waals surface area (Å²) in [6.07, 6.45) is 2.34. The Kier molecular flexibility index (Phi) is 6.86. The van der Waals surface area contributed by atoms with Gasteiger partial charge in [-0.1, -0.05) is 44.2 Å². The lowest BCUT2D eigenvalue weighted by molar-refractivity contribution is -0.127. The number of anilines is 1. The van der Waals surface area contributed by atoms with Crippen LogP contribution in [-0.2, 0) is 19.6 Å². The first-order chi connectivity index (χ1) is 15.8. The number of sulfonamides is 1. The summed E-state index contributed by atoms with van der Waals surface area (Å²) in [7, 11) is -3.56. The zero-order valence-electron chi connectivity index (χ0n) is 19.1. The maximum atomic E-state index is 13.0. The number of carbonyl (C=O) groups excluding carboxylic acids is 2. The van der Waals surface area contributed by atoms with Crippen LogP contribution in [0.1, 0.15) is 44.7 Å². The lowest BCUT2D eigenvalue weighted by Crippen LogP contribution is -2.36. The molecule has 8 heteroatoms. The lowest BCUT2D eigenvalue weighted by Gasteiger charge is -2.22. The molecule has 7 nitrogen and oxygen atoms in total. The first kappa shape index (κ1) is 23.4. The highest BCUT2D eigenvalue weighted by Gasteiger charge is 2.39. The van der Waals surface area contributed by atoms with Crippen LogP contribution >= 0.6 is 0 Å². The summed E-state index contributed by atoms with van der Waals surface area (Å²) < 4.78 is 26.8. The number of nitrogens with one attached hydrogen (secondary N) is 1. The van der Waals surface area contributed by atoms with Crippen LogP contribution in [0.25, 0.3) is 0 Å². The van der Waals surface area contributed by atoms with E-state index in [4.69, 9.17) is 0 Å². The van der Waals surface area contributed by atoms with E-state index in [0.29, 0.717) is 31.2 Å². The van der Waals surface area contributed by atoms with Crippen molar-refractivity contribution in [1.29, 1.82) is 0 Å². The van der Waals surface area contributed by atoms with Gasteiger partial charge in [0.2, 0.25) is 21.8 Å². The largest absolute Gasteiger partial charge is 0.349 e. The fraction of sp³-hybridized carbons (Fsp3) is 0.440. The van der Waals surface area contributed by atoms with Gasteiger partial charge in [-0.25, -0.2) is 8.42 Å². The zero-order valence-corrected chi connectivity index (χ0v) is 19.9. The van der Waals surface area contributed by atoms with Crippen molar-refractivity contribution in [3.63, 3.8) is 0 Å². The van der Waals surface area contributed by atoms with Gasteiger partial charge < -0.3 is 10.2 Å². The molecular formula is C25H31N3O4S. The van der Waals surface area contributed by atoms with Gasteiger partial charge in [0.1, 0.15) is 0 Å². The van der Waals surface area contributed by atoms with E-state index < -0.39 is 15.9 Å². The normalized spacial score (nSPS) is 19.7. The summed E-state index contributed by atoms with van der Waals surface area (Å²) in [4.78, 5) is 27.5. The summed E-state index contributed by atoms with van der Waals surface area (Å²) in [5.74, 6) is -0.212. The Balaban J connectivity index is 1.44. The van der Waals surface area contributed by atoms with Crippen molar-refractivity contribution in [2.45, 2.75) is 44.0 Å². The van der Waals surface area contributed by atoms with Gasteiger partial charge in [-0.2, -0.15) is 4.31 Å². The predicted molar refractivity (Wildman–Crippen MR) is 127 cm³/mol. The van der Waals surface area contributed by atoms with Crippen molar-refractivity contribution in [1.82, 2.24) is 9.62 Å². The molecule has 2 aromatic carbocycles. The highest BCUT2D eigenvalue weighted by molar-refractivity contribution is 7.89. The molecule has 2 fully saturated rings. The molecular weight excluding hydrogens is 438 g/mol. The number of amides is 2. The first-order valence-corrected chi connectivity index (χ1v) is 13.0. The van der Waals surface area contributed by atoms with E-state index in [1.165, 1.54) is 16.4 Å². The molecule has 1 aliphatic heterocycles. The van der Waals surface area contributed by atoms with E-state index in [1.54, 1.807) is 30.9 Å². The van der Waals surface area contributed by atoms with E-state index in [0.717, 1.165) is 18.4 Å². The topological polar surface area (TPSA) is 86.8 Å². The standard InChI is InChI=1S/C25H31N3O4S/c1-3-27(4-2)33(31,32)22-14-12-21(13-15-22)28-17-20(16-23(28)29)25(30)26-24(19-10-11-19)18-8-6-5-7-9-18/h5-9,12-15,19-20,24H,3-4,10-11,16-17H2,1-2H3,(H,26,30)/t20-,24-/m0/s1.